The number of aliphatic hydroxyl groups is 1. The van der Waals surface area contributed by atoms with Crippen molar-refractivity contribution in [1.82, 2.24) is 4.90 Å². The van der Waals surface area contributed by atoms with E-state index in [0.717, 1.165) is 12.1 Å². The molecular weight excluding hydrogens is 461 g/mol. The van der Waals surface area contributed by atoms with E-state index in [4.69, 9.17) is 0 Å². The highest BCUT2D eigenvalue weighted by Gasteiger charge is 2.51. The lowest BCUT2D eigenvalue weighted by Crippen LogP contribution is -2.41. The molecule has 0 spiro atoms. The Bertz CT molecular complexity index is 1160. The molecule has 0 fully saturated rings. The zero-order valence-corrected chi connectivity index (χ0v) is 18.7. The second-order valence-electron chi connectivity index (χ2n) is 7.90. The molecule has 1 aliphatic heterocycles. The molecule has 7 nitrogen and oxygen atoms in total. The van der Waals surface area contributed by atoms with Crippen LogP contribution in [0.4, 0.5) is 18.9 Å². The molecule has 0 saturated heterocycles. The predicted octanol–water partition coefficient (Wildman–Crippen LogP) is 2.94. The van der Waals surface area contributed by atoms with Gasteiger partial charge >= 0.3 is 6.18 Å². The molecule has 11 heteroatoms. The van der Waals surface area contributed by atoms with Gasteiger partial charge in [-0.3, -0.25) is 9.59 Å². The number of carbonyl (C=O) groups excluding carboxylic acids is 2. The van der Waals surface area contributed by atoms with Gasteiger partial charge in [0.15, 0.2) is 15.4 Å². The van der Waals surface area contributed by atoms with Gasteiger partial charge in [0.25, 0.3) is 5.91 Å². The molecule has 33 heavy (non-hydrogen) atoms. The predicted molar refractivity (Wildman–Crippen MR) is 114 cm³/mol. The Balaban J connectivity index is 1.88. The highest BCUT2D eigenvalue weighted by atomic mass is 32.2. The Hall–Kier alpha value is -2.92. The lowest BCUT2D eigenvalue weighted by atomic mass is 9.92. The molecular formula is C22H23F3N2O5S. The smallest absolute Gasteiger partial charge is 0.376 e. The number of amides is 2. The van der Waals surface area contributed by atoms with Crippen molar-refractivity contribution in [2.24, 2.45) is 0 Å². The first-order chi connectivity index (χ1) is 15.3. The van der Waals surface area contributed by atoms with Crippen LogP contribution in [0.2, 0.25) is 0 Å². The van der Waals surface area contributed by atoms with Crippen LogP contribution in [0, 0.1) is 0 Å². The maximum Gasteiger partial charge on any atom is 0.421 e. The van der Waals surface area contributed by atoms with Crippen molar-refractivity contribution in [3.8, 4) is 0 Å². The highest BCUT2D eigenvalue weighted by Crippen LogP contribution is 2.39. The Morgan fingerprint density at radius 3 is 2.39 bits per heavy atom. The van der Waals surface area contributed by atoms with Gasteiger partial charge in [-0.25, -0.2) is 8.42 Å². The fourth-order valence-corrected chi connectivity index (χ4v) is 4.57. The maximum absolute atomic E-state index is 13.0. The molecule has 0 aromatic heterocycles. The molecule has 178 valence electrons. The van der Waals surface area contributed by atoms with Crippen LogP contribution >= 0.6 is 0 Å². The lowest BCUT2D eigenvalue weighted by molar-refractivity contribution is -0.258. The van der Waals surface area contributed by atoms with Gasteiger partial charge in [0.2, 0.25) is 6.41 Å². The van der Waals surface area contributed by atoms with Crippen molar-refractivity contribution in [2.45, 2.75) is 43.0 Å². The van der Waals surface area contributed by atoms with E-state index in [9.17, 15) is 36.3 Å². The van der Waals surface area contributed by atoms with Gasteiger partial charge in [-0.05, 0) is 54.3 Å². The van der Waals surface area contributed by atoms with Crippen molar-refractivity contribution in [3.05, 3.63) is 59.2 Å². The third-order valence-electron chi connectivity index (χ3n) is 5.77. The molecule has 0 bridgehead atoms. The molecule has 0 saturated carbocycles. The zero-order chi connectivity index (χ0) is 24.6. The summed E-state index contributed by atoms with van der Waals surface area (Å²) in [4.78, 5) is 26.0. The molecule has 2 aromatic carbocycles. The van der Waals surface area contributed by atoms with E-state index < -0.39 is 39.1 Å². The molecule has 2 unspecified atom stereocenters. The summed E-state index contributed by atoms with van der Waals surface area (Å²) in [6, 6.07) is 7.90. The number of carbonyl (C=O) groups is 2. The van der Waals surface area contributed by atoms with Gasteiger partial charge < -0.3 is 15.3 Å². The number of rotatable bonds is 6. The number of hydrogen-bond acceptors (Lipinski definition) is 5. The third kappa shape index (κ3) is 4.74. The van der Waals surface area contributed by atoms with E-state index in [1.807, 2.05) is 0 Å². The molecule has 3 rings (SSSR count). The number of halogens is 3. The SMILES string of the molecule is CCS(=O)(=O)c1ccc2c(c1)CCN(C=O)C2C(=O)Nc1ccc(C(C)(O)C(F)(F)F)cc1. The molecule has 2 amide bonds. The van der Waals surface area contributed by atoms with Crippen LogP contribution in [0.5, 0.6) is 0 Å². The van der Waals surface area contributed by atoms with Crippen LogP contribution in [-0.2, 0) is 31.4 Å². The Kier molecular flexibility index (Phi) is 6.58. The van der Waals surface area contributed by atoms with E-state index in [-0.39, 0.29) is 22.9 Å². The van der Waals surface area contributed by atoms with E-state index in [2.05, 4.69) is 5.32 Å². The van der Waals surface area contributed by atoms with Crippen LogP contribution in [0.15, 0.2) is 47.4 Å². The Labute approximate surface area is 189 Å². The van der Waals surface area contributed by atoms with Gasteiger partial charge in [-0.1, -0.05) is 25.1 Å². The normalized spacial score (nSPS) is 18.2. The summed E-state index contributed by atoms with van der Waals surface area (Å²) in [6.45, 7) is 2.35. The van der Waals surface area contributed by atoms with Crippen LogP contribution in [0.1, 0.15) is 36.6 Å². The number of nitrogens with one attached hydrogen (secondary N) is 1. The summed E-state index contributed by atoms with van der Waals surface area (Å²) in [5.74, 6) is -0.683. The first-order valence-electron chi connectivity index (χ1n) is 10.1. The molecule has 2 N–H and O–H groups in total. The Morgan fingerprint density at radius 1 is 1.21 bits per heavy atom. The summed E-state index contributed by atoms with van der Waals surface area (Å²) >= 11 is 0. The topological polar surface area (TPSA) is 104 Å². The van der Waals surface area contributed by atoms with E-state index >= 15 is 0 Å². The number of benzene rings is 2. The molecule has 0 radical (unpaired) electrons. The second kappa shape index (κ2) is 8.79. The van der Waals surface area contributed by atoms with Gasteiger partial charge in [0.05, 0.1) is 10.6 Å². The van der Waals surface area contributed by atoms with Gasteiger partial charge in [-0.15, -0.1) is 0 Å². The van der Waals surface area contributed by atoms with Crippen molar-refractivity contribution in [2.75, 3.05) is 17.6 Å². The lowest BCUT2D eigenvalue weighted by Gasteiger charge is -2.34. The average molecular weight is 484 g/mol. The van der Waals surface area contributed by atoms with E-state index in [0.29, 0.717) is 30.9 Å². The number of alkyl halides is 3. The van der Waals surface area contributed by atoms with Crippen molar-refractivity contribution in [1.29, 1.82) is 0 Å². The molecule has 2 atom stereocenters. The summed E-state index contributed by atoms with van der Waals surface area (Å²) in [5, 5.41) is 12.3. The van der Waals surface area contributed by atoms with Gasteiger partial charge in [-0.2, -0.15) is 13.2 Å². The number of hydrogen-bond donors (Lipinski definition) is 2. The first kappa shape index (κ1) is 24.7. The number of anilines is 1. The average Bonchev–Trinajstić information content (AvgIpc) is 2.77. The standard InChI is InChI=1S/C22H23F3N2O5S/c1-3-33(31,32)17-8-9-18-14(12-17)10-11-27(13-28)19(18)20(29)26-16-6-4-15(5-7-16)21(2,30)22(23,24)25/h4-9,12-13,19,30H,3,10-11H2,1-2H3,(H,26,29). The summed E-state index contributed by atoms with van der Waals surface area (Å²) < 4.78 is 63.5. The molecule has 1 heterocycles. The molecule has 0 aliphatic carbocycles. The Morgan fingerprint density at radius 2 is 1.85 bits per heavy atom. The van der Waals surface area contributed by atoms with Crippen LogP contribution in [0.3, 0.4) is 0 Å². The minimum Gasteiger partial charge on any atom is -0.376 e. The first-order valence-corrected chi connectivity index (χ1v) is 11.7. The maximum atomic E-state index is 13.0. The quantitative estimate of drug-likeness (QED) is 0.614. The minimum atomic E-state index is -4.88. The van der Waals surface area contributed by atoms with E-state index in [1.54, 1.807) is 0 Å². The second-order valence-corrected chi connectivity index (χ2v) is 10.2. The molecule has 1 aliphatic rings. The minimum absolute atomic E-state index is 0.0760. The zero-order valence-electron chi connectivity index (χ0n) is 17.9. The van der Waals surface area contributed by atoms with Crippen molar-refractivity contribution in [3.63, 3.8) is 0 Å². The fourth-order valence-electron chi connectivity index (χ4n) is 3.64. The fraction of sp³-hybridized carbons (Fsp3) is 0.364. The van der Waals surface area contributed by atoms with Gasteiger partial charge in [0.1, 0.15) is 6.04 Å². The highest BCUT2D eigenvalue weighted by molar-refractivity contribution is 7.91. The largest absolute Gasteiger partial charge is 0.421 e. The number of nitrogens with zero attached hydrogens (tertiary/aromatic N) is 1. The molecule has 2 aromatic rings. The van der Waals surface area contributed by atoms with Crippen LogP contribution in [0.25, 0.3) is 0 Å². The third-order valence-corrected chi connectivity index (χ3v) is 7.50. The summed E-state index contributed by atoms with van der Waals surface area (Å²) in [6.07, 6.45) is -3.99. The van der Waals surface area contributed by atoms with Crippen molar-refractivity contribution >= 4 is 27.8 Å². The van der Waals surface area contributed by atoms with Crippen LogP contribution < -0.4 is 5.32 Å². The van der Waals surface area contributed by atoms with Gasteiger partial charge in [0, 0.05) is 12.2 Å². The van der Waals surface area contributed by atoms with Crippen LogP contribution in [-0.4, -0.2) is 49.2 Å². The van der Waals surface area contributed by atoms with E-state index in [1.165, 1.54) is 42.2 Å². The number of fused-ring (bicyclic) bond motifs is 1. The monoisotopic (exact) mass is 484 g/mol. The number of sulfone groups is 1. The van der Waals surface area contributed by atoms with Crippen molar-refractivity contribution < 1.29 is 36.3 Å². The summed E-state index contributed by atoms with van der Waals surface area (Å²) in [7, 11) is -3.45. The summed E-state index contributed by atoms with van der Waals surface area (Å²) in [5.41, 5.74) is -2.18.